The zero-order chi connectivity index (χ0) is 18.0. The molecule has 1 aromatic carbocycles. The fourth-order valence-corrected chi connectivity index (χ4v) is 3.83. The van der Waals surface area contributed by atoms with E-state index in [0.29, 0.717) is 6.07 Å². The zero-order valence-electron chi connectivity index (χ0n) is 12.4. The van der Waals surface area contributed by atoms with Gasteiger partial charge in [-0.05, 0) is 40.6 Å². The fraction of sp³-hybridized carbons (Fsp3) is 0. The Hall–Kier alpha value is -3.07. The fourth-order valence-electron chi connectivity index (χ4n) is 2.16. The molecular weight excluding hydrogens is 364 g/mol. The average Bonchev–Trinajstić information content (AvgIpc) is 3.19. The first-order chi connectivity index (χ1) is 12.0. The molecule has 3 aromatic rings. The van der Waals surface area contributed by atoms with E-state index >= 15 is 0 Å². The second kappa shape index (κ2) is 6.81. The third-order valence-electron chi connectivity index (χ3n) is 3.25. The lowest BCUT2D eigenvalue weighted by Crippen LogP contribution is -2.31. The van der Waals surface area contributed by atoms with Crippen molar-refractivity contribution < 1.29 is 8.78 Å². The number of nitrogens with zero attached hydrogens (tertiary/aromatic N) is 3. The maximum atomic E-state index is 14.2. The Morgan fingerprint density at radius 2 is 1.96 bits per heavy atom. The van der Waals surface area contributed by atoms with Gasteiger partial charge < -0.3 is 0 Å². The van der Waals surface area contributed by atoms with E-state index in [1.165, 1.54) is 11.3 Å². The zero-order valence-corrected chi connectivity index (χ0v) is 14.0. The molecule has 0 unspecified atom stereocenters. The van der Waals surface area contributed by atoms with Crippen molar-refractivity contribution in [2.75, 3.05) is 0 Å². The van der Waals surface area contributed by atoms with E-state index in [-0.39, 0.29) is 20.5 Å². The Morgan fingerprint density at radius 3 is 2.56 bits per heavy atom. The van der Waals surface area contributed by atoms with Crippen LogP contribution < -0.4 is 14.8 Å². The van der Waals surface area contributed by atoms with Crippen LogP contribution in [-0.4, -0.2) is 4.57 Å². The highest BCUT2D eigenvalue weighted by molar-refractivity contribution is 7.08. The Labute approximate surface area is 148 Å². The number of thiophene rings is 1. The summed E-state index contributed by atoms with van der Waals surface area (Å²) in [5.41, 5.74) is -0.349. The van der Waals surface area contributed by atoms with Gasteiger partial charge in [-0.2, -0.15) is 21.9 Å². The van der Waals surface area contributed by atoms with Crippen LogP contribution in [0.3, 0.4) is 0 Å². The first-order valence-corrected chi connectivity index (χ1v) is 8.57. The molecule has 0 aliphatic carbocycles. The highest BCUT2D eigenvalue weighted by Gasteiger charge is 2.15. The van der Waals surface area contributed by atoms with E-state index in [1.807, 2.05) is 10.8 Å². The summed E-state index contributed by atoms with van der Waals surface area (Å²) in [4.78, 5) is 12.7. The molecule has 0 radical (unpaired) electrons. The Bertz CT molecular complexity index is 1190. The highest BCUT2D eigenvalue weighted by Crippen LogP contribution is 2.12. The van der Waals surface area contributed by atoms with Gasteiger partial charge in [-0.15, -0.1) is 11.3 Å². The molecule has 8 heteroatoms. The molecule has 2 heterocycles. The largest absolute Gasteiger partial charge is 0.273 e. The molecule has 3 rings (SSSR count). The van der Waals surface area contributed by atoms with Crippen molar-refractivity contribution in [3.05, 3.63) is 71.8 Å². The number of hydrogen-bond acceptors (Lipinski definition) is 5. The molecular formula is C17H7F2N3OS2. The Morgan fingerprint density at radius 1 is 1.20 bits per heavy atom. The minimum atomic E-state index is -0.960. The number of rotatable bonds is 2. The molecule has 25 heavy (non-hydrogen) atoms. The number of hydrogen-bond donors (Lipinski definition) is 0. The first-order valence-electron chi connectivity index (χ1n) is 6.81. The summed E-state index contributed by atoms with van der Waals surface area (Å²) in [6, 6.07) is 7.96. The lowest BCUT2D eigenvalue weighted by Gasteiger charge is -2.03. The summed E-state index contributed by atoms with van der Waals surface area (Å²) in [5, 5.41) is 21.9. The average molecular weight is 371 g/mol. The molecule has 0 amide bonds. The van der Waals surface area contributed by atoms with E-state index in [2.05, 4.69) is 0 Å². The molecule has 0 spiro atoms. The van der Waals surface area contributed by atoms with Gasteiger partial charge in [0.15, 0.2) is 5.57 Å². The summed E-state index contributed by atoms with van der Waals surface area (Å²) in [7, 11) is 0. The van der Waals surface area contributed by atoms with Crippen LogP contribution >= 0.6 is 22.7 Å². The van der Waals surface area contributed by atoms with Crippen molar-refractivity contribution in [2.45, 2.75) is 0 Å². The van der Waals surface area contributed by atoms with E-state index in [1.54, 1.807) is 24.3 Å². The van der Waals surface area contributed by atoms with Crippen LogP contribution in [0.4, 0.5) is 8.78 Å². The number of halogens is 2. The van der Waals surface area contributed by atoms with Gasteiger partial charge in [-0.1, -0.05) is 0 Å². The number of benzene rings is 1. The molecule has 2 aromatic heterocycles. The van der Waals surface area contributed by atoms with Gasteiger partial charge in [-0.25, -0.2) is 8.78 Å². The SMILES string of the molecule is N#CC(C#N)=c1s/c(=C/c2ccsc2)c(=O)n1-c1ccc(F)cc1F. The van der Waals surface area contributed by atoms with Crippen LogP contribution in [0.25, 0.3) is 17.3 Å². The van der Waals surface area contributed by atoms with E-state index in [0.717, 1.165) is 33.6 Å². The van der Waals surface area contributed by atoms with Gasteiger partial charge in [0.25, 0.3) is 5.56 Å². The summed E-state index contributed by atoms with van der Waals surface area (Å²) in [5.74, 6) is -1.75. The van der Waals surface area contributed by atoms with Crippen LogP contribution in [0.1, 0.15) is 5.56 Å². The molecule has 0 atom stereocenters. The van der Waals surface area contributed by atoms with Crippen molar-refractivity contribution in [1.29, 1.82) is 10.5 Å². The topological polar surface area (TPSA) is 69.6 Å². The van der Waals surface area contributed by atoms with E-state index in [4.69, 9.17) is 10.5 Å². The molecule has 0 saturated heterocycles. The van der Waals surface area contributed by atoms with Crippen LogP contribution in [0.5, 0.6) is 0 Å². The van der Waals surface area contributed by atoms with Gasteiger partial charge >= 0.3 is 0 Å². The molecule has 0 aliphatic heterocycles. The molecule has 0 fully saturated rings. The van der Waals surface area contributed by atoms with Gasteiger partial charge in [0.1, 0.15) is 28.4 Å². The lowest BCUT2D eigenvalue weighted by molar-refractivity contribution is 0.576. The standard InChI is InChI=1S/C17H7F2N3OS2/c18-12-1-2-14(13(19)6-12)22-16(23)15(5-10-3-4-24-9-10)25-17(22)11(7-20)8-21/h1-6,9H/b15-5+. The van der Waals surface area contributed by atoms with E-state index < -0.39 is 17.2 Å². The monoisotopic (exact) mass is 371 g/mol. The van der Waals surface area contributed by atoms with Gasteiger partial charge in [0, 0.05) is 6.07 Å². The molecule has 0 N–H and O–H groups in total. The summed E-state index contributed by atoms with van der Waals surface area (Å²) in [6.45, 7) is 0. The summed E-state index contributed by atoms with van der Waals surface area (Å²) < 4.78 is 28.5. The molecule has 0 bridgehead atoms. The van der Waals surface area contributed by atoms with Gasteiger partial charge in [0.05, 0.1) is 10.2 Å². The summed E-state index contributed by atoms with van der Waals surface area (Å²) in [6.07, 6.45) is 1.59. The van der Waals surface area contributed by atoms with Crippen molar-refractivity contribution in [2.24, 2.45) is 0 Å². The molecule has 0 saturated carbocycles. The summed E-state index contributed by atoms with van der Waals surface area (Å²) >= 11 is 2.35. The normalized spacial score (nSPS) is 11.1. The quantitative estimate of drug-likeness (QED) is 0.694. The molecule has 122 valence electrons. The van der Waals surface area contributed by atoms with Crippen molar-refractivity contribution in [3.63, 3.8) is 0 Å². The Balaban J connectivity index is 2.45. The third kappa shape index (κ3) is 3.13. The van der Waals surface area contributed by atoms with E-state index in [9.17, 15) is 13.6 Å². The van der Waals surface area contributed by atoms with Gasteiger partial charge in [0.2, 0.25) is 0 Å². The van der Waals surface area contributed by atoms with Crippen LogP contribution in [0.15, 0.2) is 39.8 Å². The smallest absolute Gasteiger partial charge is 0.267 e. The van der Waals surface area contributed by atoms with Crippen molar-refractivity contribution in [3.8, 4) is 17.8 Å². The number of nitriles is 2. The first kappa shape index (κ1) is 16.8. The predicted octanol–water partition coefficient (Wildman–Crippen LogP) is 2.27. The van der Waals surface area contributed by atoms with Gasteiger partial charge in [-0.3, -0.25) is 9.36 Å². The van der Waals surface area contributed by atoms with Crippen LogP contribution in [-0.2, 0) is 0 Å². The predicted molar refractivity (Wildman–Crippen MR) is 91.6 cm³/mol. The van der Waals surface area contributed by atoms with Crippen molar-refractivity contribution in [1.82, 2.24) is 4.57 Å². The maximum absolute atomic E-state index is 14.2. The minimum Gasteiger partial charge on any atom is -0.267 e. The molecule has 4 nitrogen and oxygen atoms in total. The third-order valence-corrected chi connectivity index (χ3v) is 5.05. The minimum absolute atomic E-state index is 0.00184. The highest BCUT2D eigenvalue weighted by atomic mass is 32.1. The Kier molecular flexibility index (Phi) is 4.57. The maximum Gasteiger partial charge on any atom is 0.273 e. The lowest BCUT2D eigenvalue weighted by atomic mass is 10.3. The van der Waals surface area contributed by atoms with Crippen molar-refractivity contribution >= 4 is 34.3 Å². The number of aromatic nitrogens is 1. The number of thiazole rings is 1. The second-order valence-electron chi connectivity index (χ2n) is 4.81. The van der Waals surface area contributed by atoms with Crippen LogP contribution in [0.2, 0.25) is 0 Å². The molecule has 0 aliphatic rings. The van der Waals surface area contributed by atoms with Crippen LogP contribution in [0, 0.1) is 34.3 Å². The second-order valence-corrected chi connectivity index (χ2v) is 6.62.